The molecule has 1 aromatic heterocycles. The molecular weight excluding hydrogens is 394 g/mol. The topological polar surface area (TPSA) is 93.6 Å². The Morgan fingerprint density at radius 1 is 1.06 bits per heavy atom. The van der Waals surface area contributed by atoms with Crippen LogP contribution in [0.4, 0.5) is 5.82 Å². The van der Waals surface area contributed by atoms with Crippen LogP contribution in [-0.4, -0.2) is 63.5 Å². The predicted molar refractivity (Wildman–Crippen MR) is 120 cm³/mol. The molecule has 2 saturated heterocycles. The van der Waals surface area contributed by atoms with E-state index in [1.54, 1.807) is 0 Å². The summed E-state index contributed by atoms with van der Waals surface area (Å²) < 4.78 is 2.30. The van der Waals surface area contributed by atoms with Crippen molar-refractivity contribution in [3.05, 3.63) is 62.3 Å². The number of nitrogens with two attached hydrogens (primary N) is 1. The SMILES string of the molecule is Cn1c(=O)c(C(=O)CN2CCCC2CN2CCCC2)c(N)n(Cc2ccccc2)c1=O. The average molecular weight is 426 g/mol. The number of benzene rings is 1. The molecule has 0 spiro atoms. The summed E-state index contributed by atoms with van der Waals surface area (Å²) in [5.41, 5.74) is 5.90. The van der Waals surface area contributed by atoms with Gasteiger partial charge in [0.05, 0.1) is 13.1 Å². The number of nitrogens with zero attached hydrogens (tertiary/aromatic N) is 4. The number of ketones is 1. The van der Waals surface area contributed by atoms with Crippen molar-refractivity contribution in [2.45, 2.75) is 38.3 Å². The first-order valence-corrected chi connectivity index (χ1v) is 11.1. The first kappa shape index (κ1) is 21.5. The van der Waals surface area contributed by atoms with Gasteiger partial charge in [0.15, 0.2) is 5.78 Å². The largest absolute Gasteiger partial charge is 0.384 e. The molecule has 1 atom stereocenters. The van der Waals surface area contributed by atoms with Gasteiger partial charge in [0.1, 0.15) is 11.4 Å². The van der Waals surface area contributed by atoms with Gasteiger partial charge in [0.2, 0.25) is 0 Å². The van der Waals surface area contributed by atoms with E-state index < -0.39 is 11.2 Å². The van der Waals surface area contributed by atoms with Gasteiger partial charge in [0.25, 0.3) is 5.56 Å². The van der Waals surface area contributed by atoms with Crippen molar-refractivity contribution in [2.75, 3.05) is 38.5 Å². The van der Waals surface area contributed by atoms with Crippen LogP contribution in [0.15, 0.2) is 39.9 Å². The standard InChI is InChI=1S/C23H31N5O3/c1-25-22(30)20(21(24)28(23(25)31)14-17-8-3-2-4-9-17)19(29)16-27-13-7-10-18(27)15-26-11-5-6-12-26/h2-4,8-9,18H,5-7,10-16,24H2,1H3. The maximum Gasteiger partial charge on any atom is 0.332 e. The highest BCUT2D eigenvalue weighted by Crippen LogP contribution is 2.21. The van der Waals surface area contributed by atoms with Crippen molar-refractivity contribution in [1.82, 2.24) is 18.9 Å². The van der Waals surface area contributed by atoms with Gasteiger partial charge >= 0.3 is 5.69 Å². The number of carbonyl (C=O) groups is 1. The second-order valence-corrected chi connectivity index (χ2v) is 8.68. The second kappa shape index (κ2) is 9.20. The quantitative estimate of drug-likeness (QED) is 0.663. The van der Waals surface area contributed by atoms with Crippen LogP contribution < -0.4 is 17.0 Å². The number of likely N-dealkylation sites (tertiary alicyclic amines) is 2. The van der Waals surface area contributed by atoms with Gasteiger partial charge in [-0.1, -0.05) is 30.3 Å². The van der Waals surface area contributed by atoms with E-state index in [1.165, 1.54) is 24.5 Å². The molecule has 8 nitrogen and oxygen atoms in total. The third kappa shape index (κ3) is 4.50. The zero-order chi connectivity index (χ0) is 22.0. The van der Waals surface area contributed by atoms with Crippen LogP contribution in [-0.2, 0) is 13.6 Å². The Hall–Kier alpha value is -2.71. The fourth-order valence-electron chi connectivity index (χ4n) is 4.80. The Bertz CT molecular complexity index is 1050. The Morgan fingerprint density at radius 3 is 2.48 bits per heavy atom. The molecular formula is C23H31N5O3. The first-order valence-electron chi connectivity index (χ1n) is 11.1. The molecule has 1 unspecified atom stereocenters. The normalized spacial score (nSPS) is 19.8. The third-order valence-corrected chi connectivity index (χ3v) is 6.56. The Labute approximate surface area is 181 Å². The maximum absolute atomic E-state index is 13.2. The summed E-state index contributed by atoms with van der Waals surface area (Å²) in [7, 11) is 1.40. The van der Waals surface area contributed by atoms with E-state index >= 15 is 0 Å². The molecule has 0 bridgehead atoms. The first-order chi connectivity index (χ1) is 15.0. The molecule has 0 aliphatic carbocycles. The highest BCUT2D eigenvalue weighted by Gasteiger charge is 2.31. The number of Topliss-reactive ketones (excluding diaryl/α,β-unsaturated/α-hetero) is 1. The fraction of sp³-hybridized carbons (Fsp3) is 0.522. The molecule has 0 amide bonds. The predicted octanol–water partition coefficient (Wildman–Crippen LogP) is 0.920. The van der Waals surface area contributed by atoms with Crippen LogP contribution in [0.2, 0.25) is 0 Å². The lowest BCUT2D eigenvalue weighted by Crippen LogP contribution is -2.46. The molecule has 2 aliphatic rings. The van der Waals surface area contributed by atoms with Crippen molar-refractivity contribution in [3.8, 4) is 0 Å². The Morgan fingerprint density at radius 2 is 1.77 bits per heavy atom. The summed E-state index contributed by atoms with van der Waals surface area (Å²) in [4.78, 5) is 43.4. The van der Waals surface area contributed by atoms with E-state index in [2.05, 4.69) is 9.80 Å². The zero-order valence-electron chi connectivity index (χ0n) is 18.1. The monoisotopic (exact) mass is 425 g/mol. The second-order valence-electron chi connectivity index (χ2n) is 8.68. The molecule has 166 valence electrons. The van der Waals surface area contributed by atoms with Gasteiger partial charge < -0.3 is 10.6 Å². The number of aromatic nitrogens is 2. The number of carbonyl (C=O) groups excluding carboxylic acids is 1. The summed E-state index contributed by atoms with van der Waals surface area (Å²) in [6.45, 7) is 4.41. The summed E-state index contributed by atoms with van der Waals surface area (Å²) in [6, 6.07) is 9.72. The lowest BCUT2D eigenvalue weighted by Gasteiger charge is -2.28. The molecule has 4 rings (SSSR count). The minimum Gasteiger partial charge on any atom is -0.384 e. The molecule has 3 heterocycles. The van der Waals surface area contributed by atoms with E-state index in [1.807, 2.05) is 30.3 Å². The lowest BCUT2D eigenvalue weighted by molar-refractivity contribution is 0.0904. The molecule has 2 N–H and O–H groups in total. The van der Waals surface area contributed by atoms with Crippen LogP contribution in [0.5, 0.6) is 0 Å². The maximum atomic E-state index is 13.2. The van der Waals surface area contributed by atoms with E-state index in [0.717, 1.165) is 49.2 Å². The number of rotatable bonds is 7. The molecule has 0 radical (unpaired) electrons. The van der Waals surface area contributed by atoms with Crippen LogP contribution in [0, 0.1) is 0 Å². The van der Waals surface area contributed by atoms with Gasteiger partial charge in [-0.2, -0.15) is 0 Å². The third-order valence-electron chi connectivity index (χ3n) is 6.56. The molecule has 0 saturated carbocycles. The number of anilines is 1. The van der Waals surface area contributed by atoms with E-state index in [-0.39, 0.29) is 30.3 Å². The summed E-state index contributed by atoms with van der Waals surface area (Å²) in [6.07, 6.45) is 4.58. The van der Waals surface area contributed by atoms with Gasteiger partial charge in [-0.25, -0.2) is 4.79 Å². The van der Waals surface area contributed by atoms with E-state index in [0.29, 0.717) is 6.04 Å². The highest BCUT2D eigenvalue weighted by molar-refractivity contribution is 6.01. The van der Waals surface area contributed by atoms with Crippen molar-refractivity contribution < 1.29 is 4.79 Å². The molecule has 31 heavy (non-hydrogen) atoms. The van der Waals surface area contributed by atoms with E-state index in [4.69, 9.17) is 5.73 Å². The minimum atomic E-state index is -0.618. The Balaban J connectivity index is 1.58. The van der Waals surface area contributed by atoms with E-state index in [9.17, 15) is 14.4 Å². The van der Waals surface area contributed by atoms with Gasteiger partial charge in [-0.15, -0.1) is 0 Å². The molecule has 2 aliphatic heterocycles. The molecule has 2 aromatic rings. The number of nitrogen functional groups attached to an aromatic ring is 1. The van der Waals surface area contributed by atoms with Crippen molar-refractivity contribution in [1.29, 1.82) is 0 Å². The van der Waals surface area contributed by atoms with Crippen molar-refractivity contribution in [3.63, 3.8) is 0 Å². The molecule has 2 fully saturated rings. The minimum absolute atomic E-state index is 0.0442. The summed E-state index contributed by atoms with van der Waals surface area (Å²) >= 11 is 0. The van der Waals surface area contributed by atoms with Crippen molar-refractivity contribution >= 4 is 11.6 Å². The van der Waals surface area contributed by atoms with Crippen molar-refractivity contribution in [2.24, 2.45) is 7.05 Å². The number of hydrogen-bond acceptors (Lipinski definition) is 6. The van der Waals surface area contributed by atoms with Crippen LogP contribution >= 0.6 is 0 Å². The fourth-order valence-corrected chi connectivity index (χ4v) is 4.80. The van der Waals surface area contributed by atoms with Gasteiger partial charge in [-0.3, -0.25) is 23.6 Å². The molecule has 8 heteroatoms. The lowest BCUT2D eigenvalue weighted by atomic mass is 10.1. The van der Waals surface area contributed by atoms with Crippen LogP contribution in [0.3, 0.4) is 0 Å². The van der Waals surface area contributed by atoms with Crippen LogP contribution in [0.25, 0.3) is 0 Å². The Kier molecular flexibility index (Phi) is 6.38. The summed E-state index contributed by atoms with van der Waals surface area (Å²) in [5, 5.41) is 0. The highest BCUT2D eigenvalue weighted by atomic mass is 16.2. The van der Waals surface area contributed by atoms with Gasteiger partial charge in [-0.05, 0) is 50.9 Å². The average Bonchev–Trinajstić information content (AvgIpc) is 3.43. The molecule has 1 aromatic carbocycles. The smallest absolute Gasteiger partial charge is 0.332 e. The summed E-state index contributed by atoms with van der Waals surface area (Å²) in [5.74, 6) is -0.356. The van der Waals surface area contributed by atoms with Gasteiger partial charge in [0, 0.05) is 19.6 Å². The number of hydrogen-bond donors (Lipinski definition) is 1. The zero-order valence-corrected chi connectivity index (χ0v) is 18.1. The van der Waals surface area contributed by atoms with Crippen LogP contribution in [0.1, 0.15) is 41.6 Å².